The number of anilines is 2. The van der Waals surface area contributed by atoms with E-state index < -0.39 is 5.82 Å². The van der Waals surface area contributed by atoms with Crippen LogP contribution in [0.2, 0.25) is 5.02 Å². The molecule has 3 fully saturated rings. The Morgan fingerprint density at radius 3 is 2.67 bits per heavy atom. The Kier molecular flexibility index (Phi) is 5.94. The smallest absolute Gasteiger partial charge is 0.246 e. The minimum atomic E-state index is -0.482. The van der Waals surface area contributed by atoms with Crippen molar-refractivity contribution in [3.63, 3.8) is 0 Å². The van der Waals surface area contributed by atoms with Gasteiger partial charge in [-0.15, -0.1) is 0 Å². The van der Waals surface area contributed by atoms with Crippen molar-refractivity contribution < 1.29 is 13.9 Å². The quantitative estimate of drug-likeness (QED) is 0.371. The maximum atomic E-state index is 16.7. The minimum Gasteiger partial charge on any atom is -0.381 e. The number of hydrogen-bond acceptors (Lipinski definition) is 7. The van der Waals surface area contributed by atoms with E-state index in [1.54, 1.807) is 17.2 Å². The minimum absolute atomic E-state index is 0.0972. The Bertz CT molecular complexity index is 1670. The van der Waals surface area contributed by atoms with Crippen molar-refractivity contribution in [2.24, 2.45) is 5.41 Å². The van der Waals surface area contributed by atoms with E-state index in [4.69, 9.17) is 26.3 Å². The molecule has 0 atom stereocenters. The summed E-state index contributed by atoms with van der Waals surface area (Å²) < 4.78 is 22.4. The molecule has 9 nitrogen and oxygen atoms in total. The summed E-state index contributed by atoms with van der Waals surface area (Å²) in [7, 11) is 0. The zero-order valence-corrected chi connectivity index (χ0v) is 23.0. The lowest BCUT2D eigenvalue weighted by Gasteiger charge is -2.47. The summed E-state index contributed by atoms with van der Waals surface area (Å²) in [4.78, 5) is 27.9. The normalized spacial score (nSPS) is 18.6. The molecule has 0 unspecified atom stereocenters. The first-order valence-electron chi connectivity index (χ1n) is 13.5. The van der Waals surface area contributed by atoms with Gasteiger partial charge in [0.05, 0.1) is 23.3 Å². The number of aromatic nitrogens is 4. The van der Waals surface area contributed by atoms with E-state index in [1.165, 1.54) is 6.08 Å². The van der Waals surface area contributed by atoms with Gasteiger partial charge in [0.1, 0.15) is 11.3 Å². The highest BCUT2D eigenvalue weighted by Crippen LogP contribution is 2.44. The Hall–Kier alpha value is -3.76. The average molecular weight is 562 g/mol. The number of benzene rings is 2. The van der Waals surface area contributed by atoms with Gasteiger partial charge in [-0.1, -0.05) is 24.2 Å². The molecule has 1 N–H and O–H groups in total. The van der Waals surface area contributed by atoms with Gasteiger partial charge in [0.2, 0.25) is 11.9 Å². The standard InChI is InChI=1S/C29H29ClFN7O2/c1-3-22(39)36-7-9-37(10-8-36)27-18-12-20(30)24(23-17(2)4-5-21-19(23)13-32-35-21)25(31)26(18)33-28(34-27)38-14-29(15-38)6-11-40-16-29/h3-5,12-13H,1,6-11,14-16H2,2H3,(H,32,35). The molecule has 0 bridgehead atoms. The van der Waals surface area contributed by atoms with Crippen LogP contribution < -0.4 is 9.80 Å². The van der Waals surface area contributed by atoms with Gasteiger partial charge in [-0.25, -0.2) is 9.37 Å². The summed E-state index contributed by atoms with van der Waals surface area (Å²) in [5.74, 6) is 0.541. The molecule has 0 aliphatic carbocycles. The Morgan fingerprint density at radius 2 is 1.95 bits per heavy atom. The first-order valence-corrected chi connectivity index (χ1v) is 13.9. The van der Waals surface area contributed by atoms with Gasteiger partial charge in [-0.3, -0.25) is 9.89 Å². The van der Waals surface area contributed by atoms with E-state index in [0.29, 0.717) is 54.5 Å². The summed E-state index contributed by atoms with van der Waals surface area (Å²) in [5, 5.41) is 8.76. The maximum Gasteiger partial charge on any atom is 0.246 e. The van der Waals surface area contributed by atoms with Gasteiger partial charge in [-0.2, -0.15) is 10.1 Å². The predicted octanol–water partition coefficient (Wildman–Crippen LogP) is 4.34. The van der Waals surface area contributed by atoms with Gasteiger partial charge in [0.15, 0.2) is 5.82 Å². The van der Waals surface area contributed by atoms with E-state index in [2.05, 4.69) is 26.6 Å². The number of piperazine rings is 1. The third-order valence-corrected chi connectivity index (χ3v) is 8.82. The number of aryl methyl sites for hydroxylation is 1. The second kappa shape index (κ2) is 9.42. The fourth-order valence-electron chi connectivity index (χ4n) is 6.31. The van der Waals surface area contributed by atoms with Crippen LogP contribution in [0.5, 0.6) is 0 Å². The Balaban J connectivity index is 1.37. The van der Waals surface area contributed by atoms with Crippen molar-refractivity contribution in [3.8, 4) is 11.1 Å². The summed E-state index contributed by atoms with van der Waals surface area (Å²) in [6.45, 7) is 10.7. The molecule has 7 rings (SSSR count). The lowest BCUT2D eigenvalue weighted by molar-refractivity contribution is -0.126. The number of amides is 1. The van der Waals surface area contributed by atoms with Crippen LogP contribution in [0.3, 0.4) is 0 Å². The second-order valence-electron chi connectivity index (χ2n) is 11.1. The number of nitrogens with one attached hydrogen (secondary N) is 1. The van der Waals surface area contributed by atoms with Gasteiger partial charge < -0.3 is 19.4 Å². The molecule has 3 aliphatic rings. The van der Waals surface area contributed by atoms with E-state index >= 15 is 4.39 Å². The highest BCUT2D eigenvalue weighted by Gasteiger charge is 2.47. The number of H-pyrrole nitrogens is 1. The van der Waals surface area contributed by atoms with Gasteiger partial charge in [0, 0.05) is 73.2 Å². The fraction of sp³-hybridized carbons (Fsp3) is 0.379. The lowest BCUT2D eigenvalue weighted by atomic mass is 9.79. The summed E-state index contributed by atoms with van der Waals surface area (Å²) in [6, 6.07) is 5.63. The monoisotopic (exact) mass is 561 g/mol. The molecule has 3 saturated heterocycles. The molecule has 0 saturated carbocycles. The first kappa shape index (κ1) is 25.2. The van der Waals surface area contributed by atoms with E-state index in [1.807, 2.05) is 19.1 Å². The molecule has 1 amide bonds. The number of carbonyl (C=O) groups excluding carboxylic acids is 1. The molecule has 4 aromatic rings. The molecule has 0 radical (unpaired) electrons. The number of halogens is 2. The molecular weight excluding hydrogens is 533 g/mol. The number of aromatic amines is 1. The van der Waals surface area contributed by atoms with Gasteiger partial charge in [0.25, 0.3) is 0 Å². The van der Waals surface area contributed by atoms with Gasteiger partial charge in [-0.05, 0) is 37.1 Å². The van der Waals surface area contributed by atoms with E-state index in [9.17, 15) is 4.79 Å². The van der Waals surface area contributed by atoms with Crippen LogP contribution in [0, 0.1) is 18.2 Å². The highest BCUT2D eigenvalue weighted by atomic mass is 35.5. The fourth-order valence-corrected chi connectivity index (χ4v) is 6.60. The predicted molar refractivity (Wildman–Crippen MR) is 153 cm³/mol. The zero-order valence-electron chi connectivity index (χ0n) is 22.2. The van der Waals surface area contributed by atoms with Crippen LogP contribution in [0.1, 0.15) is 12.0 Å². The molecule has 206 valence electrons. The van der Waals surface area contributed by atoms with Gasteiger partial charge >= 0.3 is 0 Å². The Labute approximate surface area is 235 Å². The molecule has 3 aliphatic heterocycles. The molecule has 1 spiro atoms. The molecule has 2 aromatic heterocycles. The lowest BCUT2D eigenvalue weighted by Crippen LogP contribution is -2.57. The zero-order chi connectivity index (χ0) is 27.6. The number of hydrogen-bond donors (Lipinski definition) is 1. The summed E-state index contributed by atoms with van der Waals surface area (Å²) in [6.07, 6.45) is 4.03. The van der Waals surface area contributed by atoms with Crippen LogP contribution in [-0.4, -0.2) is 83.5 Å². The van der Waals surface area contributed by atoms with Crippen LogP contribution in [0.15, 0.2) is 37.1 Å². The largest absolute Gasteiger partial charge is 0.381 e. The molecule has 5 heterocycles. The third-order valence-electron chi connectivity index (χ3n) is 8.52. The topological polar surface area (TPSA) is 90.5 Å². The maximum absolute atomic E-state index is 16.7. The molecule has 40 heavy (non-hydrogen) atoms. The Morgan fingerprint density at radius 1 is 1.15 bits per heavy atom. The third kappa shape index (κ3) is 3.92. The van der Waals surface area contributed by atoms with Crippen molar-refractivity contribution in [2.75, 3.05) is 62.3 Å². The highest BCUT2D eigenvalue weighted by molar-refractivity contribution is 6.35. The number of carbonyl (C=O) groups is 1. The number of nitrogens with zero attached hydrogens (tertiary/aromatic N) is 6. The van der Waals surface area contributed by atoms with Crippen molar-refractivity contribution in [1.29, 1.82) is 0 Å². The summed E-state index contributed by atoms with van der Waals surface area (Å²) in [5.41, 5.74) is 3.04. The molecular formula is C29H29ClFN7O2. The van der Waals surface area contributed by atoms with E-state index in [0.717, 1.165) is 49.2 Å². The van der Waals surface area contributed by atoms with Crippen LogP contribution in [0.25, 0.3) is 32.9 Å². The van der Waals surface area contributed by atoms with Crippen LogP contribution >= 0.6 is 11.6 Å². The average Bonchev–Trinajstić information content (AvgIpc) is 3.63. The van der Waals surface area contributed by atoms with Crippen molar-refractivity contribution in [1.82, 2.24) is 25.1 Å². The summed E-state index contributed by atoms with van der Waals surface area (Å²) >= 11 is 6.87. The number of ether oxygens (including phenoxy) is 1. The van der Waals surface area contributed by atoms with Crippen LogP contribution in [0.4, 0.5) is 16.2 Å². The van der Waals surface area contributed by atoms with Crippen LogP contribution in [-0.2, 0) is 9.53 Å². The molecule has 11 heteroatoms. The van der Waals surface area contributed by atoms with E-state index in [-0.39, 0.29) is 21.9 Å². The first-order chi connectivity index (χ1) is 19.4. The number of fused-ring (bicyclic) bond motifs is 2. The SMILES string of the molecule is C=CC(=O)N1CCN(c2nc(N3CC4(CCOC4)C3)nc3c(F)c(-c4c(C)ccc5[nH]ncc45)c(Cl)cc23)CC1. The number of rotatable bonds is 4. The van der Waals surface area contributed by atoms with Crippen molar-refractivity contribution in [3.05, 3.63) is 53.5 Å². The van der Waals surface area contributed by atoms with Crippen molar-refractivity contribution in [2.45, 2.75) is 13.3 Å². The van der Waals surface area contributed by atoms with Crippen molar-refractivity contribution >= 4 is 51.1 Å². The second-order valence-corrected chi connectivity index (χ2v) is 11.5. The molecule has 2 aromatic carbocycles.